The second-order valence-corrected chi connectivity index (χ2v) is 5.07. The smallest absolute Gasteiger partial charge is 0.188 e. The molecule has 0 spiro atoms. The minimum atomic E-state index is 0.188. The van der Waals surface area contributed by atoms with E-state index in [1.165, 1.54) is 12.8 Å². The van der Waals surface area contributed by atoms with Gasteiger partial charge in [-0.05, 0) is 55.5 Å². The lowest BCUT2D eigenvalue weighted by Crippen LogP contribution is -2.03. The standard InChI is InChI=1S/C17H17NO/c19-17(13-6-3-1-2-4-7-13)15-9-10-16-14(12-15)8-5-11-18-16/h5-6,8-12H,1-4,7H2. The predicted molar refractivity (Wildman–Crippen MR) is 77.2 cm³/mol. The molecule has 0 atom stereocenters. The van der Waals surface area contributed by atoms with E-state index < -0.39 is 0 Å². The van der Waals surface area contributed by atoms with E-state index in [4.69, 9.17) is 0 Å². The third kappa shape index (κ3) is 2.58. The maximum Gasteiger partial charge on any atom is 0.188 e. The summed E-state index contributed by atoms with van der Waals surface area (Å²) in [4.78, 5) is 16.8. The second-order valence-electron chi connectivity index (χ2n) is 5.07. The first-order valence-corrected chi connectivity index (χ1v) is 6.93. The maximum absolute atomic E-state index is 12.5. The van der Waals surface area contributed by atoms with Crippen molar-refractivity contribution in [1.29, 1.82) is 0 Å². The summed E-state index contributed by atoms with van der Waals surface area (Å²) in [5.41, 5.74) is 2.71. The fraction of sp³-hybridized carbons (Fsp3) is 0.294. The van der Waals surface area contributed by atoms with Crippen molar-refractivity contribution in [2.75, 3.05) is 0 Å². The number of nitrogens with zero attached hydrogens (tertiary/aromatic N) is 1. The summed E-state index contributed by atoms with van der Waals surface area (Å²) >= 11 is 0. The predicted octanol–water partition coefficient (Wildman–Crippen LogP) is 4.31. The first kappa shape index (κ1) is 12.1. The number of fused-ring (bicyclic) bond motifs is 1. The first-order valence-electron chi connectivity index (χ1n) is 6.93. The van der Waals surface area contributed by atoms with Gasteiger partial charge in [-0.25, -0.2) is 0 Å². The van der Waals surface area contributed by atoms with Crippen LogP contribution in [0.1, 0.15) is 42.5 Å². The number of hydrogen-bond acceptors (Lipinski definition) is 2. The van der Waals surface area contributed by atoms with Crippen LogP contribution in [0.5, 0.6) is 0 Å². The van der Waals surface area contributed by atoms with Crippen LogP contribution in [0.15, 0.2) is 48.2 Å². The summed E-state index contributed by atoms with van der Waals surface area (Å²) < 4.78 is 0. The Bertz CT molecular complexity index is 643. The molecule has 0 fully saturated rings. The molecule has 0 saturated carbocycles. The topological polar surface area (TPSA) is 30.0 Å². The van der Waals surface area contributed by atoms with Gasteiger partial charge in [-0.1, -0.05) is 18.6 Å². The van der Waals surface area contributed by atoms with E-state index in [0.717, 1.165) is 41.3 Å². The number of rotatable bonds is 2. The van der Waals surface area contributed by atoms with E-state index >= 15 is 0 Å². The Hall–Kier alpha value is -1.96. The Balaban J connectivity index is 1.94. The quantitative estimate of drug-likeness (QED) is 0.744. The Kier molecular flexibility index (Phi) is 3.41. The Morgan fingerprint density at radius 1 is 1.11 bits per heavy atom. The number of carbonyl (C=O) groups excluding carboxylic acids is 1. The fourth-order valence-electron chi connectivity index (χ4n) is 2.62. The van der Waals surface area contributed by atoms with E-state index in [0.29, 0.717) is 0 Å². The number of aromatic nitrogens is 1. The lowest BCUT2D eigenvalue weighted by molar-refractivity contribution is 0.103. The highest BCUT2D eigenvalue weighted by Crippen LogP contribution is 2.22. The summed E-state index contributed by atoms with van der Waals surface area (Å²) in [7, 11) is 0. The van der Waals surface area contributed by atoms with Crippen molar-refractivity contribution in [2.45, 2.75) is 32.1 Å². The third-order valence-electron chi connectivity index (χ3n) is 3.70. The minimum absolute atomic E-state index is 0.188. The highest BCUT2D eigenvalue weighted by molar-refractivity contribution is 6.10. The summed E-state index contributed by atoms with van der Waals surface area (Å²) in [6, 6.07) is 9.68. The number of hydrogen-bond donors (Lipinski definition) is 0. The summed E-state index contributed by atoms with van der Waals surface area (Å²) in [6.45, 7) is 0. The van der Waals surface area contributed by atoms with Crippen LogP contribution < -0.4 is 0 Å². The molecule has 2 heteroatoms. The van der Waals surface area contributed by atoms with Gasteiger partial charge in [-0.2, -0.15) is 0 Å². The van der Waals surface area contributed by atoms with Crippen molar-refractivity contribution in [3.63, 3.8) is 0 Å². The zero-order valence-corrected chi connectivity index (χ0v) is 10.9. The van der Waals surface area contributed by atoms with E-state index in [2.05, 4.69) is 11.1 Å². The molecule has 1 aliphatic carbocycles. The third-order valence-corrected chi connectivity index (χ3v) is 3.70. The molecule has 2 aromatic rings. The van der Waals surface area contributed by atoms with Crippen molar-refractivity contribution >= 4 is 16.7 Å². The molecule has 1 aliphatic rings. The van der Waals surface area contributed by atoms with Gasteiger partial charge in [-0.3, -0.25) is 9.78 Å². The minimum Gasteiger partial charge on any atom is -0.289 e. The van der Waals surface area contributed by atoms with E-state index in [1.54, 1.807) is 6.20 Å². The Labute approximate surface area is 113 Å². The molecule has 1 aromatic carbocycles. The largest absolute Gasteiger partial charge is 0.289 e. The highest BCUT2D eigenvalue weighted by atomic mass is 16.1. The maximum atomic E-state index is 12.5. The Morgan fingerprint density at radius 2 is 2.05 bits per heavy atom. The molecule has 0 amide bonds. The van der Waals surface area contributed by atoms with Crippen molar-refractivity contribution in [2.24, 2.45) is 0 Å². The molecule has 1 aromatic heterocycles. The van der Waals surface area contributed by atoms with Gasteiger partial charge in [0.25, 0.3) is 0 Å². The van der Waals surface area contributed by atoms with Crippen LogP contribution in [0.4, 0.5) is 0 Å². The number of benzene rings is 1. The molecule has 0 N–H and O–H groups in total. The van der Waals surface area contributed by atoms with Crippen LogP contribution in [-0.4, -0.2) is 10.8 Å². The average Bonchev–Trinajstić information content (AvgIpc) is 2.75. The molecule has 0 radical (unpaired) electrons. The van der Waals surface area contributed by atoms with Gasteiger partial charge in [0.1, 0.15) is 0 Å². The number of carbonyl (C=O) groups is 1. The fourth-order valence-corrected chi connectivity index (χ4v) is 2.62. The molecule has 1 heterocycles. The summed E-state index contributed by atoms with van der Waals surface area (Å²) in [6.07, 6.45) is 9.43. The van der Waals surface area contributed by atoms with Gasteiger partial charge in [0, 0.05) is 17.1 Å². The lowest BCUT2D eigenvalue weighted by atomic mass is 9.98. The van der Waals surface area contributed by atoms with Gasteiger partial charge < -0.3 is 0 Å². The van der Waals surface area contributed by atoms with E-state index in [9.17, 15) is 4.79 Å². The average molecular weight is 251 g/mol. The van der Waals surface area contributed by atoms with Gasteiger partial charge in [0.05, 0.1) is 5.52 Å². The number of Topliss-reactive ketones (excluding diaryl/α,β-unsaturated/α-hetero) is 1. The SMILES string of the molecule is O=C(C1=CCCCCC1)c1ccc2ncccc2c1. The summed E-state index contributed by atoms with van der Waals surface area (Å²) in [5, 5.41) is 1.03. The summed E-state index contributed by atoms with van der Waals surface area (Å²) in [5.74, 6) is 0.188. The molecule has 2 nitrogen and oxygen atoms in total. The van der Waals surface area contributed by atoms with Crippen molar-refractivity contribution in [1.82, 2.24) is 4.98 Å². The molecule has 96 valence electrons. The highest BCUT2D eigenvalue weighted by Gasteiger charge is 2.14. The van der Waals surface area contributed by atoms with Gasteiger partial charge >= 0.3 is 0 Å². The zero-order chi connectivity index (χ0) is 13.1. The van der Waals surface area contributed by atoms with Crippen LogP contribution in [0, 0.1) is 0 Å². The van der Waals surface area contributed by atoms with Crippen molar-refractivity contribution < 1.29 is 4.79 Å². The first-order chi connectivity index (χ1) is 9.34. The number of ketones is 1. The van der Waals surface area contributed by atoms with Crippen LogP contribution in [0.25, 0.3) is 10.9 Å². The van der Waals surface area contributed by atoms with E-state index in [1.807, 2.05) is 30.3 Å². The molecule has 0 saturated heterocycles. The van der Waals surface area contributed by atoms with E-state index in [-0.39, 0.29) is 5.78 Å². The molecule has 0 unspecified atom stereocenters. The van der Waals surface area contributed by atoms with Gasteiger partial charge in [0.2, 0.25) is 0 Å². The molecule has 0 bridgehead atoms. The van der Waals surface area contributed by atoms with Gasteiger partial charge in [-0.15, -0.1) is 0 Å². The lowest BCUT2D eigenvalue weighted by Gasteiger charge is -2.05. The van der Waals surface area contributed by atoms with Crippen LogP contribution in [0.3, 0.4) is 0 Å². The molecule has 3 rings (SSSR count). The molecule has 0 aliphatic heterocycles. The Morgan fingerprint density at radius 3 is 3.00 bits per heavy atom. The van der Waals surface area contributed by atoms with Crippen molar-refractivity contribution in [3.05, 3.63) is 53.7 Å². The van der Waals surface area contributed by atoms with Crippen LogP contribution in [0.2, 0.25) is 0 Å². The second kappa shape index (κ2) is 5.35. The number of pyridine rings is 1. The van der Waals surface area contributed by atoms with Gasteiger partial charge in [0.15, 0.2) is 5.78 Å². The van der Waals surface area contributed by atoms with Crippen LogP contribution >= 0.6 is 0 Å². The monoisotopic (exact) mass is 251 g/mol. The molecular formula is C17H17NO. The number of allylic oxidation sites excluding steroid dienone is 2. The normalized spacial score (nSPS) is 15.9. The van der Waals surface area contributed by atoms with Crippen LogP contribution in [-0.2, 0) is 0 Å². The molecule has 19 heavy (non-hydrogen) atoms. The zero-order valence-electron chi connectivity index (χ0n) is 10.9. The molecular weight excluding hydrogens is 234 g/mol. The van der Waals surface area contributed by atoms with Crippen molar-refractivity contribution in [3.8, 4) is 0 Å².